The van der Waals surface area contributed by atoms with E-state index in [1.54, 1.807) is 30.8 Å². The Labute approximate surface area is 107 Å². The van der Waals surface area contributed by atoms with Gasteiger partial charge in [-0.15, -0.1) is 11.8 Å². The molecule has 0 atom stereocenters. The van der Waals surface area contributed by atoms with E-state index in [-0.39, 0.29) is 5.91 Å². The minimum absolute atomic E-state index is 0.196. The van der Waals surface area contributed by atoms with Gasteiger partial charge in [0.05, 0.1) is 0 Å². The van der Waals surface area contributed by atoms with Crippen molar-refractivity contribution in [3.63, 3.8) is 0 Å². The highest BCUT2D eigenvalue weighted by atomic mass is 32.2. The molecule has 1 amide bonds. The molecule has 4 heteroatoms. The summed E-state index contributed by atoms with van der Waals surface area (Å²) in [7, 11) is 3.58. The van der Waals surface area contributed by atoms with Crippen LogP contribution in [0.15, 0.2) is 29.2 Å². The smallest absolute Gasteiger partial charge is 0.222 e. The molecular formula is C13H20N2OS. The van der Waals surface area contributed by atoms with Gasteiger partial charge in [0.1, 0.15) is 0 Å². The molecule has 0 saturated carbocycles. The third kappa shape index (κ3) is 5.24. The van der Waals surface area contributed by atoms with Gasteiger partial charge in [-0.2, -0.15) is 0 Å². The number of benzene rings is 1. The van der Waals surface area contributed by atoms with Gasteiger partial charge in [-0.1, -0.05) is 12.1 Å². The zero-order valence-corrected chi connectivity index (χ0v) is 11.3. The summed E-state index contributed by atoms with van der Waals surface area (Å²) in [5, 5.41) is 0. The highest BCUT2D eigenvalue weighted by Gasteiger charge is 2.03. The third-order valence-corrected chi connectivity index (χ3v) is 3.52. The van der Waals surface area contributed by atoms with Crippen LogP contribution in [0.25, 0.3) is 0 Å². The molecule has 0 aliphatic heterocycles. The first-order valence-electron chi connectivity index (χ1n) is 5.75. The molecule has 0 unspecified atom stereocenters. The van der Waals surface area contributed by atoms with Gasteiger partial charge in [-0.05, 0) is 29.9 Å². The molecule has 1 aromatic rings. The predicted molar refractivity (Wildman–Crippen MR) is 73.0 cm³/mol. The van der Waals surface area contributed by atoms with E-state index in [1.807, 2.05) is 12.1 Å². The first-order valence-corrected chi connectivity index (χ1v) is 6.74. The lowest BCUT2D eigenvalue weighted by atomic mass is 10.2. The van der Waals surface area contributed by atoms with Crippen LogP contribution in [0.2, 0.25) is 0 Å². The molecule has 0 aliphatic carbocycles. The zero-order chi connectivity index (χ0) is 12.7. The monoisotopic (exact) mass is 252 g/mol. The maximum Gasteiger partial charge on any atom is 0.222 e. The van der Waals surface area contributed by atoms with Crippen molar-refractivity contribution in [3.8, 4) is 0 Å². The van der Waals surface area contributed by atoms with Gasteiger partial charge in [0.15, 0.2) is 0 Å². The van der Waals surface area contributed by atoms with Gasteiger partial charge in [-0.3, -0.25) is 4.79 Å². The Morgan fingerprint density at radius 3 is 2.82 bits per heavy atom. The molecule has 17 heavy (non-hydrogen) atoms. The van der Waals surface area contributed by atoms with Crippen LogP contribution in [-0.4, -0.2) is 30.7 Å². The second kappa shape index (κ2) is 7.35. The average Bonchev–Trinajstić information content (AvgIpc) is 2.34. The van der Waals surface area contributed by atoms with Crippen LogP contribution >= 0.6 is 11.8 Å². The summed E-state index contributed by atoms with van der Waals surface area (Å²) >= 11 is 1.78. The lowest BCUT2D eigenvalue weighted by Gasteiger charge is -2.09. The quantitative estimate of drug-likeness (QED) is 0.623. The van der Waals surface area contributed by atoms with Crippen LogP contribution < -0.4 is 5.73 Å². The summed E-state index contributed by atoms with van der Waals surface area (Å²) in [5.41, 5.74) is 6.74. The molecule has 0 heterocycles. The second-order valence-electron chi connectivity index (χ2n) is 4.09. The lowest BCUT2D eigenvalue weighted by Crippen LogP contribution is -2.21. The Kier molecular flexibility index (Phi) is 6.08. The number of thioether (sulfide) groups is 1. The first-order chi connectivity index (χ1) is 8.13. The lowest BCUT2D eigenvalue weighted by molar-refractivity contribution is -0.128. The molecule has 0 bridgehead atoms. The van der Waals surface area contributed by atoms with Crippen LogP contribution in [-0.2, 0) is 11.3 Å². The molecule has 0 spiro atoms. The summed E-state index contributed by atoms with van der Waals surface area (Å²) < 4.78 is 0. The van der Waals surface area contributed by atoms with E-state index in [4.69, 9.17) is 5.73 Å². The van der Waals surface area contributed by atoms with E-state index < -0.39 is 0 Å². The van der Waals surface area contributed by atoms with Crippen molar-refractivity contribution >= 4 is 17.7 Å². The van der Waals surface area contributed by atoms with E-state index in [1.165, 1.54) is 4.90 Å². The normalized spacial score (nSPS) is 10.3. The second-order valence-corrected chi connectivity index (χ2v) is 5.26. The van der Waals surface area contributed by atoms with E-state index in [0.717, 1.165) is 17.7 Å². The fourth-order valence-corrected chi connectivity index (χ4v) is 2.33. The van der Waals surface area contributed by atoms with Gasteiger partial charge in [0.25, 0.3) is 0 Å². The van der Waals surface area contributed by atoms with Gasteiger partial charge in [-0.25, -0.2) is 0 Å². The molecule has 0 aromatic heterocycles. The number of nitrogens with two attached hydrogens (primary N) is 1. The Hall–Kier alpha value is -1.00. The van der Waals surface area contributed by atoms with E-state index in [0.29, 0.717) is 13.0 Å². The van der Waals surface area contributed by atoms with Crippen molar-refractivity contribution < 1.29 is 4.79 Å². The van der Waals surface area contributed by atoms with Crippen molar-refractivity contribution in [2.75, 3.05) is 19.8 Å². The van der Waals surface area contributed by atoms with Gasteiger partial charge in [0.2, 0.25) is 5.91 Å². The number of rotatable bonds is 6. The SMILES string of the molecule is CN(C)C(=O)CCCSc1cccc(CN)c1. The van der Waals surface area contributed by atoms with Crippen molar-refractivity contribution in [2.24, 2.45) is 5.73 Å². The number of hydrogen-bond acceptors (Lipinski definition) is 3. The van der Waals surface area contributed by atoms with E-state index >= 15 is 0 Å². The first kappa shape index (κ1) is 14.1. The predicted octanol–water partition coefficient (Wildman–Crippen LogP) is 2.11. The van der Waals surface area contributed by atoms with Gasteiger partial charge in [0, 0.05) is 32.0 Å². The summed E-state index contributed by atoms with van der Waals surface area (Å²) in [5.74, 6) is 1.16. The van der Waals surface area contributed by atoms with Crippen molar-refractivity contribution in [3.05, 3.63) is 29.8 Å². The maximum atomic E-state index is 11.4. The van der Waals surface area contributed by atoms with Crippen LogP contribution in [0.4, 0.5) is 0 Å². The minimum Gasteiger partial charge on any atom is -0.349 e. The third-order valence-electron chi connectivity index (χ3n) is 2.44. The molecule has 94 valence electrons. The topological polar surface area (TPSA) is 46.3 Å². The highest BCUT2D eigenvalue weighted by molar-refractivity contribution is 7.99. The van der Waals surface area contributed by atoms with Crippen molar-refractivity contribution in [1.82, 2.24) is 4.90 Å². The average molecular weight is 252 g/mol. The molecule has 3 nitrogen and oxygen atoms in total. The Bertz CT molecular complexity index is 366. The zero-order valence-electron chi connectivity index (χ0n) is 10.5. The van der Waals surface area contributed by atoms with Crippen LogP contribution in [0.3, 0.4) is 0 Å². The number of amides is 1. The molecule has 0 saturated heterocycles. The molecule has 1 aromatic carbocycles. The van der Waals surface area contributed by atoms with Crippen molar-refractivity contribution in [1.29, 1.82) is 0 Å². The molecular weight excluding hydrogens is 232 g/mol. The van der Waals surface area contributed by atoms with E-state index in [2.05, 4.69) is 12.1 Å². The number of carbonyl (C=O) groups is 1. The molecule has 2 N–H and O–H groups in total. The molecule has 0 fully saturated rings. The molecule has 0 aliphatic rings. The molecule has 1 rings (SSSR count). The summed E-state index contributed by atoms with van der Waals surface area (Å²) in [6.45, 7) is 0.577. The Balaban J connectivity index is 2.28. The van der Waals surface area contributed by atoms with Crippen molar-refractivity contribution in [2.45, 2.75) is 24.3 Å². The fourth-order valence-electron chi connectivity index (χ4n) is 1.40. The standard InChI is InChI=1S/C13H20N2OS/c1-15(2)13(16)7-4-8-17-12-6-3-5-11(9-12)10-14/h3,5-6,9H,4,7-8,10,14H2,1-2H3. The number of nitrogens with zero attached hydrogens (tertiary/aromatic N) is 1. The van der Waals surface area contributed by atoms with E-state index in [9.17, 15) is 4.79 Å². The summed E-state index contributed by atoms with van der Waals surface area (Å²) in [6, 6.07) is 8.24. The van der Waals surface area contributed by atoms with Crippen LogP contribution in [0.5, 0.6) is 0 Å². The molecule has 0 radical (unpaired) electrons. The summed E-state index contributed by atoms with van der Waals surface area (Å²) in [6.07, 6.45) is 1.53. The van der Waals surface area contributed by atoms with Gasteiger partial charge >= 0.3 is 0 Å². The summed E-state index contributed by atoms with van der Waals surface area (Å²) in [4.78, 5) is 14.2. The Morgan fingerprint density at radius 2 is 2.18 bits per heavy atom. The largest absolute Gasteiger partial charge is 0.349 e. The number of hydrogen-bond donors (Lipinski definition) is 1. The Morgan fingerprint density at radius 1 is 1.41 bits per heavy atom. The fraction of sp³-hybridized carbons (Fsp3) is 0.462. The number of carbonyl (C=O) groups excluding carboxylic acids is 1. The highest BCUT2D eigenvalue weighted by Crippen LogP contribution is 2.20. The van der Waals surface area contributed by atoms with Gasteiger partial charge < -0.3 is 10.6 Å². The van der Waals surface area contributed by atoms with Crippen LogP contribution in [0.1, 0.15) is 18.4 Å². The van der Waals surface area contributed by atoms with Crippen LogP contribution in [0, 0.1) is 0 Å². The maximum absolute atomic E-state index is 11.4. The minimum atomic E-state index is 0.196.